The number of hydrogen-bond donors (Lipinski definition) is 0. The van der Waals surface area contributed by atoms with E-state index in [1.54, 1.807) is 0 Å². The maximum Gasteiger partial charge on any atom is 0.0486 e. The van der Waals surface area contributed by atoms with Gasteiger partial charge < -0.3 is 4.57 Å². The quantitative estimate of drug-likeness (QED) is 0.616. The van der Waals surface area contributed by atoms with Gasteiger partial charge in [-0.25, -0.2) is 0 Å². The van der Waals surface area contributed by atoms with Gasteiger partial charge in [0.1, 0.15) is 0 Å². The van der Waals surface area contributed by atoms with Crippen molar-refractivity contribution in [2.45, 2.75) is 13.5 Å². The molecule has 0 aliphatic heterocycles. The van der Waals surface area contributed by atoms with Crippen LogP contribution < -0.4 is 0 Å². The van der Waals surface area contributed by atoms with Gasteiger partial charge in [-0.2, -0.15) is 0 Å². The number of fused-ring (bicyclic) bond motifs is 1. The normalized spacial score (nSPS) is 10.9. The summed E-state index contributed by atoms with van der Waals surface area (Å²) in [5, 5.41) is 1.35. The monoisotopic (exact) mass is 221 g/mol. The molecule has 1 heterocycles. The molecule has 1 nitrogen and oxygen atoms in total. The maximum atomic E-state index is 2.32. The minimum atomic E-state index is 0.940. The molecule has 0 atom stereocenters. The first kappa shape index (κ1) is 10.2. The summed E-state index contributed by atoms with van der Waals surface area (Å²) < 4.78 is 2.32. The molecule has 3 rings (SSSR count). The number of aryl methyl sites for hydroxylation is 1. The zero-order valence-corrected chi connectivity index (χ0v) is 9.93. The van der Waals surface area contributed by atoms with Crippen LogP contribution in [0.15, 0.2) is 60.8 Å². The topological polar surface area (TPSA) is 4.93 Å². The van der Waals surface area contributed by atoms with Crippen LogP contribution in [0.2, 0.25) is 0 Å². The molecule has 17 heavy (non-hydrogen) atoms. The third-order valence-corrected chi connectivity index (χ3v) is 3.18. The van der Waals surface area contributed by atoms with Crippen molar-refractivity contribution in [3.63, 3.8) is 0 Å². The summed E-state index contributed by atoms with van der Waals surface area (Å²) in [5.74, 6) is 0. The van der Waals surface area contributed by atoms with E-state index in [4.69, 9.17) is 0 Å². The van der Waals surface area contributed by atoms with Gasteiger partial charge in [-0.1, -0.05) is 48.5 Å². The fraction of sp³-hybridized carbons (Fsp3) is 0.125. The Hall–Kier alpha value is -2.02. The summed E-state index contributed by atoms with van der Waals surface area (Å²) in [6.45, 7) is 3.11. The molecule has 1 aromatic heterocycles. The molecule has 84 valence electrons. The van der Waals surface area contributed by atoms with Crippen molar-refractivity contribution in [3.8, 4) is 0 Å². The Balaban J connectivity index is 2.07. The molecule has 0 saturated heterocycles. The maximum absolute atomic E-state index is 2.32. The summed E-state index contributed by atoms with van der Waals surface area (Å²) in [7, 11) is 0. The van der Waals surface area contributed by atoms with E-state index in [0.717, 1.165) is 6.54 Å². The minimum absolute atomic E-state index is 0.940. The molecule has 0 aliphatic carbocycles. The van der Waals surface area contributed by atoms with Gasteiger partial charge in [0.15, 0.2) is 0 Å². The summed E-state index contributed by atoms with van der Waals surface area (Å²) >= 11 is 0. The molecule has 2 aromatic carbocycles. The van der Waals surface area contributed by atoms with Crippen LogP contribution in [0.3, 0.4) is 0 Å². The number of nitrogens with zero attached hydrogens (tertiary/aromatic N) is 1. The van der Waals surface area contributed by atoms with Crippen molar-refractivity contribution in [2.75, 3.05) is 0 Å². The molecule has 0 amide bonds. The number of hydrogen-bond acceptors (Lipinski definition) is 0. The van der Waals surface area contributed by atoms with Crippen LogP contribution in [0.5, 0.6) is 0 Å². The standard InChI is InChI=1S/C16H15N/c1-13-11-17(12-14-7-3-2-4-8-14)16-10-6-5-9-15(13)16/h2-11H,12H2,1H3. The van der Waals surface area contributed by atoms with Crippen LogP contribution in [0.25, 0.3) is 10.9 Å². The Morgan fingerprint density at radius 1 is 0.882 bits per heavy atom. The Morgan fingerprint density at radius 2 is 1.59 bits per heavy atom. The average molecular weight is 221 g/mol. The molecule has 0 unspecified atom stereocenters. The van der Waals surface area contributed by atoms with Gasteiger partial charge in [0, 0.05) is 23.6 Å². The number of benzene rings is 2. The largest absolute Gasteiger partial charge is 0.343 e. The molecule has 3 aromatic rings. The average Bonchev–Trinajstić information content (AvgIpc) is 2.69. The lowest BCUT2D eigenvalue weighted by molar-refractivity contribution is 0.834. The summed E-state index contributed by atoms with van der Waals surface area (Å²) in [6, 6.07) is 19.2. The highest BCUT2D eigenvalue weighted by atomic mass is 15.0. The molecular weight excluding hydrogens is 206 g/mol. The second-order valence-electron chi connectivity index (χ2n) is 4.44. The first-order chi connectivity index (χ1) is 8.34. The van der Waals surface area contributed by atoms with Crippen LogP contribution in [-0.4, -0.2) is 4.57 Å². The van der Waals surface area contributed by atoms with E-state index in [1.165, 1.54) is 22.0 Å². The van der Waals surface area contributed by atoms with Gasteiger partial charge in [-0.15, -0.1) is 0 Å². The summed E-state index contributed by atoms with van der Waals surface area (Å²) in [4.78, 5) is 0. The van der Waals surface area contributed by atoms with E-state index in [0.29, 0.717) is 0 Å². The third kappa shape index (κ3) is 1.84. The minimum Gasteiger partial charge on any atom is -0.343 e. The van der Waals surface area contributed by atoms with Crippen molar-refractivity contribution >= 4 is 10.9 Å². The summed E-state index contributed by atoms with van der Waals surface area (Å²) in [6.07, 6.45) is 2.23. The first-order valence-corrected chi connectivity index (χ1v) is 5.93. The lowest BCUT2D eigenvalue weighted by Crippen LogP contribution is -1.97. The molecule has 0 saturated carbocycles. The van der Waals surface area contributed by atoms with E-state index < -0.39 is 0 Å². The Bertz CT molecular complexity index is 635. The van der Waals surface area contributed by atoms with Gasteiger partial charge >= 0.3 is 0 Å². The van der Waals surface area contributed by atoms with Crippen molar-refractivity contribution in [1.29, 1.82) is 0 Å². The molecule has 0 N–H and O–H groups in total. The van der Waals surface area contributed by atoms with E-state index in [1.807, 2.05) is 0 Å². The predicted octanol–water partition coefficient (Wildman–Crippen LogP) is 4.00. The van der Waals surface area contributed by atoms with Crippen molar-refractivity contribution in [1.82, 2.24) is 4.57 Å². The van der Waals surface area contributed by atoms with E-state index in [-0.39, 0.29) is 0 Å². The third-order valence-electron chi connectivity index (χ3n) is 3.18. The van der Waals surface area contributed by atoms with Crippen LogP contribution in [0.4, 0.5) is 0 Å². The molecule has 0 fully saturated rings. The number of aromatic nitrogens is 1. The predicted molar refractivity (Wildman–Crippen MR) is 72.2 cm³/mol. The van der Waals surface area contributed by atoms with E-state index in [2.05, 4.69) is 72.3 Å². The Kier molecular flexibility index (Phi) is 2.45. The van der Waals surface area contributed by atoms with Crippen molar-refractivity contribution in [2.24, 2.45) is 0 Å². The lowest BCUT2D eigenvalue weighted by Gasteiger charge is -2.05. The van der Waals surface area contributed by atoms with Crippen LogP contribution in [0, 0.1) is 6.92 Å². The van der Waals surface area contributed by atoms with Crippen molar-refractivity contribution in [3.05, 3.63) is 71.9 Å². The zero-order valence-electron chi connectivity index (χ0n) is 9.93. The highest BCUT2D eigenvalue weighted by molar-refractivity contribution is 5.83. The highest BCUT2D eigenvalue weighted by Crippen LogP contribution is 2.21. The molecular formula is C16H15N. The second-order valence-corrected chi connectivity index (χ2v) is 4.44. The van der Waals surface area contributed by atoms with Crippen LogP contribution in [-0.2, 0) is 6.54 Å². The SMILES string of the molecule is Cc1cn(Cc2ccccc2)c2ccccc12. The van der Waals surface area contributed by atoms with Crippen LogP contribution in [0.1, 0.15) is 11.1 Å². The van der Waals surface area contributed by atoms with Gasteiger partial charge in [0.05, 0.1) is 0 Å². The number of para-hydroxylation sites is 1. The smallest absolute Gasteiger partial charge is 0.0486 e. The van der Waals surface area contributed by atoms with E-state index in [9.17, 15) is 0 Å². The first-order valence-electron chi connectivity index (χ1n) is 5.93. The highest BCUT2D eigenvalue weighted by Gasteiger charge is 2.04. The fourth-order valence-corrected chi connectivity index (χ4v) is 2.34. The van der Waals surface area contributed by atoms with E-state index >= 15 is 0 Å². The summed E-state index contributed by atoms with van der Waals surface area (Å²) in [5.41, 5.74) is 4.00. The second kappa shape index (κ2) is 4.10. The Labute approximate surface area is 101 Å². The number of rotatable bonds is 2. The van der Waals surface area contributed by atoms with Crippen molar-refractivity contribution < 1.29 is 0 Å². The zero-order chi connectivity index (χ0) is 11.7. The van der Waals surface area contributed by atoms with Gasteiger partial charge in [0.2, 0.25) is 0 Å². The lowest BCUT2D eigenvalue weighted by atomic mass is 10.2. The Morgan fingerprint density at radius 3 is 2.41 bits per heavy atom. The molecule has 0 spiro atoms. The van der Waals surface area contributed by atoms with Gasteiger partial charge in [-0.05, 0) is 24.1 Å². The van der Waals surface area contributed by atoms with Gasteiger partial charge in [-0.3, -0.25) is 0 Å². The fourth-order valence-electron chi connectivity index (χ4n) is 2.34. The molecule has 1 heteroatoms. The molecule has 0 bridgehead atoms. The molecule has 0 aliphatic rings. The van der Waals surface area contributed by atoms with Gasteiger partial charge in [0.25, 0.3) is 0 Å². The molecule has 0 radical (unpaired) electrons. The van der Waals surface area contributed by atoms with Crippen LogP contribution >= 0.6 is 0 Å².